The molecule has 1 atom stereocenters. The first-order chi connectivity index (χ1) is 11.6. The van der Waals surface area contributed by atoms with Gasteiger partial charge in [0, 0.05) is 11.8 Å². The molecule has 0 bridgehead atoms. The second-order valence-corrected chi connectivity index (χ2v) is 6.85. The highest BCUT2D eigenvalue weighted by atomic mass is 16.6. The third-order valence-electron chi connectivity index (χ3n) is 5.03. The van der Waals surface area contributed by atoms with Crippen LogP contribution in [0.15, 0.2) is 18.2 Å². The molecule has 1 aromatic carbocycles. The van der Waals surface area contributed by atoms with Gasteiger partial charge in [-0.25, -0.2) is 4.79 Å². The number of anilines is 1. The van der Waals surface area contributed by atoms with Crippen molar-refractivity contribution in [3.8, 4) is 11.5 Å². The molecular formula is C18H26N2O4. The summed E-state index contributed by atoms with van der Waals surface area (Å²) in [5.74, 6) is 1.63. The maximum Gasteiger partial charge on any atom is 0.319 e. The highest BCUT2D eigenvalue weighted by Gasteiger charge is 2.35. The summed E-state index contributed by atoms with van der Waals surface area (Å²) in [6.45, 7) is 2.90. The lowest BCUT2D eigenvalue weighted by molar-refractivity contribution is 0.103. The third kappa shape index (κ3) is 3.75. The van der Waals surface area contributed by atoms with E-state index in [-0.39, 0.29) is 12.6 Å². The van der Waals surface area contributed by atoms with Gasteiger partial charge in [0.05, 0.1) is 12.1 Å². The van der Waals surface area contributed by atoms with E-state index in [0.29, 0.717) is 36.3 Å². The Morgan fingerprint density at radius 3 is 2.62 bits per heavy atom. The van der Waals surface area contributed by atoms with Crippen LogP contribution in [0.2, 0.25) is 0 Å². The lowest BCUT2D eigenvalue weighted by atomic mass is 9.76. The van der Waals surface area contributed by atoms with Crippen molar-refractivity contribution < 1.29 is 19.4 Å². The molecule has 1 saturated carbocycles. The van der Waals surface area contributed by atoms with Crippen molar-refractivity contribution >= 4 is 11.7 Å². The highest BCUT2D eigenvalue weighted by molar-refractivity contribution is 5.90. The topological polar surface area (TPSA) is 79.8 Å². The molecule has 1 aromatic rings. The van der Waals surface area contributed by atoms with Gasteiger partial charge in [0.1, 0.15) is 13.2 Å². The van der Waals surface area contributed by atoms with Crippen molar-refractivity contribution in [2.45, 2.75) is 44.6 Å². The maximum absolute atomic E-state index is 12.4. The lowest BCUT2D eigenvalue weighted by Crippen LogP contribution is -2.55. The standard InChI is InChI=1S/C18H26N2O4/c1-18(12-21,13-5-3-2-4-6-13)20-17(22)19-14-7-8-15-16(11-14)24-10-9-23-15/h7-8,11,13,21H,2-6,9-10,12H2,1H3,(H2,19,20,22)/t18-/m1/s1. The number of aliphatic hydroxyl groups excluding tert-OH is 1. The molecule has 6 nitrogen and oxygen atoms in total. The van der Waals surface area contributed by atoms with Crippen LogP contribution in [0, 0.1) is 5.92 Å². The van der Waals surface area contributed by atoms with Gasteiger partial charge >= 0.3 is 6.03 Å². The van der Waals surface area contributed by atoms with E-state index in [2.05, 4.69) is 10.6 Å². The fourth-order valence-corrected chi connectivity index (χ4v) is 3.55. The summed E-state index contributed by atoms with van der Waals surface area (Å²) in [7, 11) is 0. The van der Waals surface area contributed by atoms with Gasteiger partial charge in [0.15, 0.2) is 11.5 Å². The molecule has 1 fully saturated rings. The minimum atomic E-state index is -0.599. The minimum absolute atomic E-state index is 0.0633. The van der Waals surface area contributed by atoms with Crippen molar-refractivity contribution in [1.29, 1.82) is 0 Å². The van der Waals surface area contributed by atoms with Crippen LogP contribution in [0.1, 0.15) is 39.0 Å². The van der Waals surface area contributed by atoms with E-state index < -0.39 is 5.54 Å². The molecule has 24 heavy (non-hydrogen) atoms. The molecule has 6 heteroatoms. The van der Waals surface area contributed by atoms with E-state index in [0.717, 1.165) is 25.7 Å². The van der Waals surface area contributed by atoms with Crippen LogP contribution in [0.4, 0.5) is 10.5 Å². The van der Waals surface area contributed by atoms with Gasteiger partial charge in [-0.2, -0.15) is 0 Å². The number of hydrogen-bond donors (Lipinski definition) is 3. The monoisotopic (exact) mass is 334 g/mol. The molecule has 2 amide bonds. The molecule has 0 saturated heterocycles. The highest BCUT2D eigenvalue weighted by Crippen LogP contribution is 2.34. The van der Waals surface area contributed by atoms with Gasteiger partial charge in [-0.15, -0.1) is 0 Å². The molecule has 2 aliphatic rings. The molecule has 0 spiro atoms. The van der Waals surface area contributed by atoms with Gasteiger partial charge < -0.3 is 25.2 Å². The summed E-state index contributed by atoms with van der Waals surface area (Å²) in [4.78, 5) is 12.4. The molecule has 1 aliphatic carbocycles. The molecule has 1 heterocycles. The minimum Gasteiger partial charge on any atom is -0.486 e. The van der Waals surface area contributed by atoms with Crippen LogP contribution in [0.5, 0.6) is 11.5 Å². The average Bonchev–Trinajstić information content (AvgIpc) is 2.62. The van der Waals surface area contributed by atoms with Gasteiger partial charge in [0.2, 0.25) is 0 Å². The Kier molecular flexibility index (Phi) is 5.14. The van der Waals surface area contributed by atoms with Crippen molar-refractivity contribution in [2.75, 3.05) is 25.1 Å². The molecule has 0 aromatic heterocycles. The number of rotatable bonds is 4. The van der Waals surface area contributed by atoms with E-state index in [1.165, 1.54) is 6.42 Å². The summed E-state index contributed by atoms with van der Waals surface area (Å²) in [5.41, 5.74) is 0.0406. The van der Waals surface area contributed by atoms with Crippen molar-refractivity contribution in [3.63, 3.8) is 0 Å². The number of nitrogens with one attached hydrogen (secondary N) is 2. The number of amides is 2. The van der Waals surface area contributed by atoms with Crippen molar-refractivity contribution in [2.24, 2.45) is 5.92 Å². The number of hydrogen-bond acceptors (Lipinski definition) is 4. The SMILES string of the molecule is C[C@](CO)(NC(=O)Nc1ccc2c(c1)OCCO2)C1CCCCC1. The normalized spacial score (nSPS) is 20.1. The predicted molar refractivity (Wildman–Crippen MR) is 91.7 cm³/mol. The van der Waals surface area contributed by atoms with Gasteiger partial charge in [-0.1, -0.05) is 19.3 Å². The Morgan fingerprint density at radius 1 is 1.21 bits per heavy atom. The number of fused-ring (bicyclic) bond motifs is 1. The lowest BCUT2D eigenvalue weighted by Gasteiger charge is -2.39. The van der Waals surface area contributed by atoms with Crippen LogP contribution in [-0.4, -0.2) is 36.5 Å². The van der Waals surface area contributed by atoms with Crippen molar-refractivity contribution in [3.05, 3.63) is 18.2 Å². The predicted octanol–water partition coefficient (Wildman–Crippen LogP) is 2.91. The summed E-state index contributed by atoms with van der Waals surface area (Å²) >= 11 is 0. The van der Waals surface area contributed by atoms with E-state index >= 15 is 0 Å². The zero-order valence-electron chi connectivity index (χ0n) is 14.1. The van der Waals surface area contributed by atoms with Gasteiger partial charge in [-0.3, -0.25) is 0 Å². The molecule has 3 rings (SSSR count). The second kappa shape index (κ2) is 7.30. The zero-order valence-corrected chi connectivity index (χ0v) is 14.1. The number of carbonyl (C=O) groups excluding carboxylic acids is 1. The van der Waals surface area contributed by atoms with E-state index in [9.17, 15) is 9.90 Å². The summed E-state index contributed by atoms with van der Waals surface area (Å²) in [5, 5.41) is 15.6. The third-order valence-corrected chi connectivity index (χ3v) is 5.03. The fraction of sp³-hybridized carbons (Fsp3) is 0.611. The first-order valence-corrected chi connectivity index (χ1v) is 8.70. The fourth-order valence-electron chi connectivity index (χ4n) is 3.55. The number of ether oxygens (including phenoxy) is 2. The molecule has 0 unspecified atom stereocenters. The smallest absolute Gasteiger partial charge is 0.319 e. The summed E-state index contributed by atoms with van der Waals surface area (Å²) in [6, 6.07) is 5.01. The number of carbonyl (C=O) groups is 1. The van der Waals surface area contributed by atoms with Gasteiger partial charge in [0.25, 0.3) is 0 Å². The maximum atomic E-state index is 12.4. The molecular weight excluding hydrogens is 308 g/mol. The second-order valence-electron chi connectivity index (χ2n) is 6.85. The molecule has 3 N–H and O–H groups in total. The molecule has 132 valence electrons. The Hall–Kier alpha value is -1.95. The first kappa shape index (κ1) is 16.9. The molecule has 0 radical (unpaired) electrons. The van der Waals surface area contributed by atoms with Gasteiger partial charge in [-0.05, 0) is 37.8 Å². The van der Waals surface area contributed by atoms with Crippen LogP contribution >= 0.6 is 0 Å². The van der Waals surface area contributed by atoms with E-state index in [1.807, 2.05) is 6.92 Å². The van der Waals surface area contributed by atoms with E-state index in [4.69, 9.17) is 9.47 Å². The van der Waals surface area contributed by atoms with Crippen LogP contribution in [0.25, 0.3) is 0 Å². The van der Waals surface area contributed by atoms with E-state index in [1.54, 1.807) is 18.2 Å². The Labute approximate surface area is 142 Å². The first-order valence-electron chi connectivity index (χ1n) is 8.70. The Bertz CT molecular complexity index is 586. The Balaban J connectivity index is 1.63. The quantitative estimate of drug-likeness (QED) is 0.791. The summed E-state index contributed by atoms with van der Waals surface area (Å²) < 4.78 is 11.0. The van der Waals surface area contributed by atoms with Crippen LogP contribution in [-0.2, 0) is 0 Å². The summed E-state index contributed by atoms with van der Waals surface area (Å²) in [6.07, 6.45) is 5.64. The number of urea groups is 1. The average molecular weight is 334 g/mol. The number of aliphatic hydroxyl groups is 1. The largest absolute Gasteiger partial charge is 0.486 e. The van der Waals surface area contributed by atoms with Crippen LogP contribution in [0.3, 0.4) is 0 Å². The molecule has 1 aliphatic heterocycles. The number of benzene rings is 1. The van der Waals surface area contributed by atoms with Crippen molar-refractivity contribution in [1.82, 2.24) is 5.32 Å². The Morgan fingerprint density at radius 2 is 1.92 bits per heavy atom. The zero-order chi connectivity index (χ0) is 17.0. The van der Waals surface area contributed by atoms with Crippen LogP contribution < -0.4 is 20.1 Å².